The van der Waals surface area contributed by atoms with Gasteiger partial charge in [-0.15, -0.1) is 0 Å². The van der Waals surface area contributed by atoms with Gasteiger partial charge in [0.05, 0.1) is 11.3 Å². The molecule has 6 heteroatoms. The van der Waals surface area contributed by atoms with Gasteiger partial charge in [0, 0.05) is 31.2 Å². The predicted molar refractivity (Wildman–Crippen MR) is 116 cm³/mol. The van der Waals surface area contributed by atoms with Gasteiger partial charge in [0.15, 0.2) is 0 Å². The van der Waals surface area contributed by atoms with Gasteiger partial charge in [-0.1, -0.05) is 25.0 Å². The third-order valence-electron chi connectivity index (χ3n) is 5.77. The van der Waals surface area contributed by atoms with Crippen LogP contribution in [0.3, 0.4) is 0 Å². The zero-order chi connectivity index (χ0) is 20.9. The maximum atomic E-state index is 13.1. The molecule has 2 amide bonds. The lowest BCUT2D eigenvalue weighted by Gasteiger charge is -2.26. The molecule has 0 bridgehead atoms. The zero-order valence-electron chi connectivity index (χ0n) is 17.1. The molecule has 2 N–H and O–H groups in total. The number of benzene rings is 2. The van der Waals surface area contributed by atoms with Gasteiger partial charge in [-0.25, -0.2) is 4.39 Å². The van der Waals surface area contributed by atoms with Crippen LogP contribution >= 0.6 is 0 Å². The summed E-state index contributed by atoms with van der Waals surface area (Å²) in [6.45, 7) is 2.13. The lowest BCUT2D eigenvalue weighted by Crippen LogP contribution is -2.29. The fourth-order valence-electron chi connectivity index (χ4n) is 3.84. The molecule has 5 nitrogen and oxygen atoms in total. The maximum Gasteiger partial charge on any atom is 0.253 e. The number of anilines is 2. The van der Waals surface area contributed by atoms with Crippen LogP contribution in [0.25, 0.3) is 0 Å². The molecule has 2 aromatic carbocycles. The average molecular weight is 410 g/mol. The molecule has 2 fully saturated rings. The molecular weight excluding hydrogens is 381 g/mol. The van der Waals surface area contributed by atoms with E-state index >= 15 is 0 Å². The van der Waals surface area contributed by atoms with Gasteiger partial charge < -0.3 is 15.5 Å². The number of nitrogens with zero attached hydrogens (tertiary/aromatic N) is 1. The van der Waals surface area contributed by atoms with E-state index in [1.165, 1.54) is 25.0 Å². The second-order valence-electron chi connectivity index (χ2n) is 8.21. The lowest BCUT2D eigenvalue weighted by molar-refractivity contribution is -0.117. The largest absolute Gasteiger partial charge is 0.371 e. The number of nitrogens with one attached hydrogen (secondary N) is 2. The number of amides is 2. The van der Waals surface area contributed by atoms with E-state index in [0.29, 0.717) is 12.1 Å². The Kier molecular flexibility index (Phi) is 6.31. The maximum absolute atomic E-state index is 13.1. The summed E-state index contributed by atoms with van der Waals surface area (Å²) < 4.78 is 13.1. The van der Waals surface area contributed by atoms with Gasteiger partial charge in [0.25, 0.3) is 5.91 Å². The summed E-state index contributed by atoms with van der Waals surface area (Å²) in [6.07, 6.45) is 6.48. The molecule has 2 aliphatic rings. The Bertz CT molecular complexity index is 901. The van der Waals surface area contributed by atoms with Gasteiger partial charge in [-0.05, 0) is 61.6 Å². The van der Waals surface area contributed by atoms with E-state index < -0.39 is 0 Å². The van der Waals surface area contributed by atoms with Crippen molar-refractivity contribution in [1.82, 2.24) is 5.32 Å². The Morgan fingerprint density at radius 3 is 2.33 bits per heavy atom. The summed E-state index contributed by atoms with van der Waals surface area (Å²) in [5.41, 5.74) is 3.04. The van der Waals surface area contributed by atoms with Crippen LogP contribution in [0.1, 0.15) is 54.4 Å². The summed E-state index contributed by atoms with van der Waals surface area (Å²) in [7, 11) is 0. The normalized spacial score (nSPS) is 16.6. The van der Waals surface area contributed by atoms with Crippen molar-refractivity contribution in [3.63, 3.8) is 0 Å². The molecular formula is C24H28FN3O2. The van der Waals surface area contributed by atoms with Gasteiger partial charge in [0.1, 0.15) is 5.82 Å². The van der Waals surface area contributed by atoms with Crippen LogP contribution in [0.15, 0.2) is 42.5 Å². The van der Waals surface area contributed by atoms with Crippen molar-refractivity contribution in [1.29, 1.82) is 0 Å². The molecule has 158 valence electrons. The lowest BCUT2D eigenvalue weighted by atomic mass is 10.1. The van der Waals surface area contributed by atoms with Crippen molar-refractivity contribution in [2.75, 3.05) is 23.3 Å². The summed E-state index contributed by atoms with van der Waals surface area (Å²) in [6, 6.07) is 11.6. The number of halogens is 1. The van der Waals surface area contributed by atoms with E-state index in [0.717, 1.165) is 55.7 Å². The third-order valence-corrected chi connectivity index (χ3v) is 5.77. The van der Waals surface area contributed by atoms with E-state index in [-0.39, 0.29) is 23.5 Å². The summed E-state index contributed by atoms with van der Waals surface area (Å²) >= 11 is 0. The highest BCUT2D eigenvalue weighted by molar-refractivity contribution is 6.02. The molecule has 2 aromatic rings. The van der Waals surface area contributed by atoms with Crippen LogP contribution in [-0.4, -0.2) is 24.9 Å². The second-order valence-corrected chi connectivity index (χ2v) is 8.21. The Hall–Kier alpha value is -2.89. The first-order valence-corrected chi connectivity index (χ1v) is 10.8. The molecule has 30 heavy (non-hydrogen) atoms. The minimum absolute atomic E-state index is 0.0605. The van der Waals surface area contributed by atoms with E-state index in [1.54, 1.807) is 24.3 Å². The average Bonchev–Trinajstić information content (AvgIpc) is 3.60. The van der Waals surface area contributed by atoms with Crippen LogP contribution < -0.4 is 15.5 Å². The summed E-state index contributed by atoms with van der Waals surface area (Å²) in [5, 5.41) is 5.94. The van der Waals surface area contributed by atoms with Gasteiger partial charge in [-0.3, -0.25) is 9.59 Å². The number of hydrogen-bond acceptors (Lipinski definition) is 3. The van der Waals surface area contributed by atoms with E-state index in [1.807, 2.05) is 6.07 Å². The number of hydrogen-bond donors (Lipinski definition) is 2. The number of carbonyl (C=O) groups is 2. The van der Waals surface area contributed by atoms with Crippen LogP contribution in [0, 0.1) is 11.7 Å². The Labute approximate surface area is 176 Å². The first kappa shape index (κ1) is 20.4. The van der Waals surface area contributed by atoms with Crippen molar-refractivity contribution in [2.24, 2.45) is 5.92 Å². The summed E-state index contributed by atoms with van der Waals surface area (Å²) in [4.78, 5) is 27.4. The van der Waals surface area contributed by atoms with Crippen LogP contribution in [-0.2, 0) is 11.3 Å². The second kappa shape index (κ2) is 9.28. The number of carbonyl (C=O) groups excluding carboxylic acids is 2. The van der Waals surface area contributed by atoms with Crippen molar-refractivity contribution in [3.8, 4) is 0 Å². The fourth-order valence-corrected chi connectivity index (χ4v) is 3.84. The Morgan fingerprint density at radius 2 is 1.67 bits per heavy atom. The highest BCUT2D eigenvalue weighted by Gasteiger charge is 2.30. The minimum atomic E-state index is -0.294. The monoisotopic (exact) mass is 409 g/mol. The fraction of sp³-hybridized carbons (Fsp3) is 0.417. The first-order chi connectivity index (χ1) is 14.6. The Morgan fingerprint density at radius 1 is 0.967 bits per heavy atom. The molecule has 1 saturated heterocycles. The molecule has 0 radical (unpaired) electrons. The standard InChI is InChI=1S/C24H28FN3O2/c25-19-9-5-17(6-10-19)16-26-24(30)21-12-11-20(27-23(29)18-7-8-18)15-22(21)28-13-3-1-2-4-14-28/h5-6,9-12,15,18H,1-4,7-8,13-14,16H2,(H,26,30)(H,27,29). The van der Waals surface area contributed by atoms with Crippen LogP contribution in [0.4, 0.5) is 15.8 Å². The predicted octanol–water partition coefficient (Wildman–Crippen LogP) is 4.48. The molecule has 4 rings (SSSR count). The smallest absolute Gasteiger partial charge is 0.253 e. The highest BCUT2D eigenvalue weighted by Crippen LogP contribution is 2.32. The molecule has 0 atom stereocenters. The van der Waals surface area contributed by atoms with E-state index in [2.05, 4.69) is 15.5 Å². The molecule has 0 spiro atoms. The van der Waals surface area contributed by atoms with E-state index in [9.17, 15) is 14.0 Å². The van der Waals surface area contributed by atoms with Gasteiger partial charge >= 0.3 is 0 Å². The number of rotatable bonds is 6. The molecule has 1 saturated carbocycles. The Balaban J connectivity index is 1.53. The molecule has 0 aromatic heterocycles. The van der Waals surface area contributed by atoms with Crippen LogP contribution in [0.5, 0.6) is 0 Å². The quantitative estimate of drug-likeness (QED) is 0.739. The van der Waals surface area contributed by atoms with Crippen molar-refractivity contribution in [3.05, 3.63) is 59.4 Å². The van der Waals surface area contributed by atoms with Crippen molar-refractivity contribution < 1.29 is 14.0 Å². The molecule has 1 heterocycles. The van der Waals surface area contributed by atoms with Gasteiger partial charge in [-0.2, -0.15) is 0 Å². The molecule has 0 unspecified atom stereocenters. The zero-order valence-corrected chi connectivity index (χ0v) is 17.1. The topological polar surface area (TPSA) is 61.4 Å². The van der Waals surface area contributed by atoms with Gasteiger partial charge in [0.2, 0.25) is 5.91 Å². The van der Waals surface area contributed by atoms with Crippen molar-refractivity contribution in [2.45, 2.75) is 45.1 Å². The highest BCUT2D eigenvalue weighted by atomic mass is 19.1. The third kappa shape index (κ3) is 5.17. The SMILES string of the molecule is O=C(NCc1ccc(F)cc1)c1ccc(NC(=O)C2CC2)cc1N1CCCCCC1. The minimum Gasteiger partial charge on any atom is -0.371 e. The van der Waals surface area contributed by atoms with Crippen molar-refractivity contribution >= 4 is 23.2 Å². The first-order valence-electron chi connectivity index (χ1n) is 10.8. The van der Waals surface area contributed by atoms with E-state index in [4.69, 9.17) is 0 Å². The van der Waals surface area contributed by atoms with Crippen LogP contribution in [0.2, 0.25) is 0 Å². The summed E-state index contributed by atoms with van der Waals surface area (Å²) in [5.74, 6) is -0.272. The molecule has 1 aliphatic carbocycles. The molecule has 1 aliphatic heterocycles.